The van der Waals surface area contributed by atoms with Gasteiger partial charge >= 0.3 is 5.97 Å². The molecule has 0 aromatic rings. The van der Waals surface area contributed by atoms with Gasteiger partial charge in [0.25, 0.3) is 0 Å². The van der Waals surface area contributed by atoms with Crippen molar-refractivity contribution in [3.05, 3.63) is 0 Å². The monoisotopic (exact) mass is 251 g/mol. The molecule has 1 N–H and O–H groups in total. The number of carbonyl (C=O) groups is 2. The molecule has 0 aliphatic rings. The predicted octanol–water partition coefficient (Wildman–Crippen LogP) is -0.941. The van der Waals surface area contributed by atoms with Gasteiger partial charge in [0, 0.05) is 30.6 Å². The van der Waals surface area contributed by atoms with E-state index in [4.69, 9.17) is 4.74 Å². The maximum Gasteiger partial charge on any atom is 0.329 e. The van der Waals surface area contributed by atoms with E-state index in [0.29, 0.717) is 12.4 Å². The van der Waals surface area contributed by atoms with Gasteiger partial charge in [-0.15, -0.1) is 0 Å². The van der Waals surface area contributed by atoms with Crippen LogP contribution in [0.5, 0.6) is 0 Å². The molecule has 0 spiro atoms. The molecule has 0 bridgehead atoms. The third kappa shape index (κ3) is 6.52. The Hall–Kier alpha value is -0.950. The summed E-state index contributed by atoms with van der Waals surface area (Å²) in [5, 5.41) is 2.39. The fraction of sp³-hybridized carbons (Fsp3) is 0.778. The lowest BCUT2D eigenvalue weighted by atomic mass is 10.3. The average molecular weight is 251 g/mol. The third-order valence-corrected chi connectivity index (χ3v) is 3.06. The van der Waals surface area contributed by atoms with Crippen molar-refractivity contribution in [1.29, 1.82) is 0 Å². The second-order valence-corrected chi connectivity index (χ2v) is 4.70. The van der Waals surface area contributed by atoms with E-state index >= 15 is 0 Å². The number of ether oxygens (including phenoxy) is 2. The Morgan fingerprint density at radius 2 is 2.00 bits per heavy atom. The minimum Gasteiger partial charge on any atom is -0.467 e. The fourth-order valence-electron chi connectivity index (χ4n) is 1.00. The van der Waals surface area contributed by atoms with Crippen molar-refractivity contribution in [3.8, 4) is 0 Å². The molecule has 0 saturated carbocycles. The summed E-state index contributed by atoms with van der Waals surface area (Å²) in [6.45, 7) is 1.63. The van der Waals surface area contributed by atoms with Crippen LogP contribution in [0.1, 0.15) is 6.92 Å². The van der Waals surface area contributed by atoms with Crippen LogP contribution in [0.2, 0.25) is 0 Å². The molecular formula is C9H17NO5S. The van der Waals surface area contributed by atoms with Crippen molar-refractivity contribution in [3.63, 3.8) is 0 Å². The van der Waals surface area contributed by atoms with E-state index in [2.05, 4.69) is 10.1 Å². The zero-order valence-corrected chi connectivity index (χ0v) is 10.5. The largest absolute Gasteiger partial charge is 0.467 e. The first kappa shape index (κ1) is 15.0. The van der Waals surface area contributed by atoms with Crippen LogP contribution in [0.3, 0.4) is 0 Å². The Labute approximate surface area is 97.1 Å². The molecular weight excluding hydrogens is 234 g/mol. The topological polar surface area (TPSA) is 81.7 Å². The molecule has 2 atom stereocenters. The highest BCUT2D eigenvalue weighted by molar-refractivity contribution is 7.85. The molecule has 94 valence electrons. The zero-order chi connectivity index (χ0) is 12.6. The zero-order valence-electron chi connectivity index (χ0n) is 9.65. The number of methoxy groups -OCH3 is 2. The number of carbonyl (C=O) groups excluding carboxylic acids is 2. The van der Waals surface area contributed by atoms with Crippen molar-refractivity contribution in [2.45, 2.75) is 13.0 Å². The lowest BCUT2D eigenvalue weighted by Crippen LogP contribution is -2.44. The van der Waals surface area contributed by atoms with Crippen LogP contribution < -0.4 is 5.32 Å². The lowest BCUT2D eigenvalue weighted by molar-refractivity contribution is -0.144. The number of esters is 1. The van der Waals surface area contributed by atoms with E-state index in [0.717, 1.165) is 0 Å². The summed E-state index contributed by atoms with van der Waals surface area (Å²) in [6, 6.07) is -0.861. The van der Waals surface area contributed by atoms with Crippen LogP contribution in [0, 0.1) is 0 Å². The fourth-order valence-corrected chi connectivity index (χ4v) is 2.11. The molecule has 2 unspecified atom stereocenters. The highest BCUT2D eigenvalue weighted by atomic mass is 32.2. The smallest absolute Gasteiger partial charge is 0.329 e. The van der Waals surface area contributed by atoms with E-state index in [-0.39, 0.29) is 11.7 Å². The second-order valence-electron chi connectivity index (χ2n) is 3.08. The van der Waals surface area contributed by atoms with Gasteiger partial charge in [-0.2, -0.15) is 0 Å². The normalized spacial score (nSPS) is 13.9. The Bertz CT molecular complexity index is 269. The molecule has 0 aliphatic heterocycles. The van der Waals surface area contributed by atoms with E-state index in [1.807, 2.05) is 0 Å². The Kier molecular flexibility index (Phi) is 7.74. The molecule has 0 saturated heterocycles. The SMILES string of the molecule is COCCS(=O)CC(NC(C)=O)C(=O)OC. The van der Waals surface area contributed by atoms with Gasteiger partial charge in [0.1, 0.15) is 6.04 Å². The van der Waals surface area contributed by atoms with Crippen molar-refractivity contribution in [2.24, 2.45) is 0 Å². The number of hydrogen-bond acceptors (Lipinski definition) is 5. The molecule has 0 aromatic carbocycles. The maximum absolute atomic E-state index is 11.5. The number of amides is 1. The van der Waals surface area contributed by atoms with Crippen molar-refractivity contribution in [2.75, 3.05) is 32.3 Å². The molecule has 16 heavy (non-hydrogen) atoms. The van der Waals surface area contributed by atoms with Gasteiger partial charge in [-0.1, -0.05) is 0 Å². The Balaban J connectivity index is 4.25. The van der Waals surface area contributed by atoms with Gasteiger partial charge in [-0.25, -0.2) is 4.79 Å². The first-order chi connectivity index (χ1) is 7.51. The van der Waals surface area contributed by atoms with Crippen LogP contribution in [0.4, 0.5) is 0 Å². The van der Waals surface area contributed by atoms with Gasteiger partial charge in [0.05, 0.1) is 19.5 Å². The predicted molar refractivity (Wildman–Crippen MR) is 59.4 cm³/mol. The minimum absolute atomic E-state index is 0.0373. The highest BCUT2D eigenvalue weighted by Crippen LogP contribution is 1.94. The van der Waals surface area contributed by atoms with Crippen LogP contribution in [0.25, 0.3) is 0 Å². The molecule has 0 aliphatic carbocycles. The van der Waals surface area contributed by atoms with Crippen molar-refractivity contribution < 1.29 is 23.3 Å². The minimum atomic E-state index is -1.23. The molecule has 7 heteroatoms. The quantitative estimate of drug-likeness (QED) is 0.591. The van der Waals surface area contributed by atoms with Crippen LogP contribution in [-0.2, 0) is 29.9 Å². The number of hydrogen-bond donors (Lipinski definition) is 1. The second kappa shape index (κ2) is 8.23. The third-order valence-electron chi connectivity index (χ3n) is 1.73. The molecule has 0 heterocycles. The average Bonchev–Trinajstić information content (AvgIpc) is 2.23. The van der Waals surface area contributed by atoms with Gasteiger partial charge in [-0.05, 0) is 0 Å². The first-order valence-corrected chi connectivity index (χ1v) is 6.19. The molecule has 0 aromatic heterocycles. The number of rotatable bonds is 7. The van der Waals surface area contributed by atoms with Crippen molar-refractivity contribution >= 4 is 22.7 Å². The molecule has 6 nitrogen and oxygen atoms in total. The molecule has 0 radical (unpaired) electrons. The van der Waals surface area contributed by atoms with Gasteiger partial charge < -0.3 is 14.8 Å². The summed E-state index contributed by atoms with van der Waals surface area (Å²) in [4.78, 5) is 22.1. The standard InChI is InChI=1S/C9H17NO5S/c1-7(11)10-8(9(12)15-3)6-16(13)5-4-14-2/h8H,4-6H2,1-3H3,(H,10,11). The summed E-state index contributed by atoms with van der Waals surface area (Å²) in [6.07, 6.45) is 0. The van der Waals surface area contributed by atoms with Crippen LogP contribution >= 0.6 is 0 Å². The van der Waals surface area contributed by atoms with E-state index in [9.17, 15) is 13.8 Å². The Morgan fingerprint density at radius 1 is 1.38 bits per heavy atom. The number of nitrogens with one attached hydrogen (secondary N) is 1. The van der Waals surface area contributed by atoms with Gasteiger partial charge in [-0.3, -0.25) is 9.00 Å². The van der Waals surface area contributed by atoms with Crippen molar-refractivity contribution in [1.82, 2.24) is 5.32 Å². The molecule has 1 amide bonds. The van der Waals surface area contributed by atoms with Gasteiger partial charge in [0.2, 0.25) is 5.91 Å². The van der Waals surface area contributed by atoms with Gasteiger partial charge in [0.15, 0.2) is 0 Å². The summed E-state index contributed by atoms with van der Waals surface area (Å²) in [5.41, 5.74) is 0. The highest BCUT2D eigenvalue weighted by Gasteiger charge is 2.22. The molecule has 0 rings (SSSR count). The maximum atomic E-state index is 11.5. The summed E-state index contributed by atoms with van der Waals surface area (Å²) < 4.78 is 20.8. The first-order valence-electron chi connectivity index (χ1n) is 4.70. The van der Waals surface area contributed by atoms with E-state index in [1.165, 1.54) is 21.1 Å². The summed E-state index contributed by atoms with van der Waals surface area (Å²) in [7, 11) is 1.49. The van der Waals surface area contributed by atoms with Crippen LogP contribution in [0.15, 0.2) is 0 Å². The van der Waals surface area contributed by atoms with E-state index < -0.39 is 22.8 Å². The van der Waals surface area contributed by atoms with E-state index in [1.54, 1.807) is 0 Å². The van der Waals surface area contributed by atoms with Crippen LogP contribution in [-0.4, -0.2) is 54.5 Å². The Morgan fingerprint density at radius 3 is 2.44 bits per heavy atom. The molecule has 0 fully saturated rings. The summed E-state index contributed by atoms with van der Waals surface area (Å²) >= 11 is 0. The summed E-state index contributed by atoms with van der Waals surface area (Å²) in [5.74, 6) is -0.598. The lowest BCUT2D eigenvalue weighted by Gasteiger charge is -2.14.